The molecule has 10 nitrogen and oxygen atoms in total. The number of nitrogens with zero attached hydrogens (tertiary/aromatic N) is 2. The highest BCUT2D eigenvalue weighted by Gasteiger charge is 2.37. The molecule has 4 aromatic rings. The quantitative estimate of drug-likeness (QED) is 0.127. The number of hydrogen-bond donors (Lipinski definition) is 0. The van der Waals surface area contributed by atoms with E-state index in [1.54, 1.807) is 48.5 Å². The molecule has 0 fully saturated rings. The van der Waals surface area contributed by atoms with E-state index in [0.29, 0.717) is 28.5 Å². The highest BCUT2D eigenvalue weighted by atomic mass is 16.6. The summed E-state index contributed by atoms with van der Waals surface area (Å²) in [5.74, 6) is -0.120. The first-order valence-electron chi connectivity index (χ1n) is 11.7. The minimum atomic E-state index is -0.646. The summed E-state index contributed by atoms with van der Waals surface area (Å²) in [5.41, 5.74) is 1.52. The SMILES string of the molecule is COc1ccc(N2C(=O)c3ccc(C(=O)OCc4ccc(Oc5ccc([N+](=O)[O-])cc5)cc4)cc3C2=O)cc1. The average Bonchev–Trinajstić information content (AvgIpc) is 3.21. The van der Waals surface area contributed by atoms with E-state index < -0.39 is 22.7 Å². The Labute approximate surface area is 222 Å². The molecule has 194 valence electrons. The zero-order valence-corrected chi connectivity index (χ0v) is 20.5. The molecule has 10 heteroatoms. The molecule has 2 amide bonds. The summed E-state index contributed by atoms with van der Waals surface area (Å²) < 4.78 is 16.2. The number of hydrogen-bond acceptors (Lipinski definition) is 8. The van der Waals surface area contributed by atoms with E-state index in [1.807, 2.05) is 0 Å². The minimum Gasteiger partial charge on any atom is -0.497 e. The largest absolute Gasteiger partial charge is 0.497 e. The van der Waals surface area contributed by atoms with Crippen LogP contribution >= 0.6 is 0 Å². The van der Waals surface area contributed by atoms with E-state index in [-0.39, 0.29) is 29.0 Å². The third-order valence-electron chi connectivity index (χ3n) is 6.03. The van der Waals surface area contributed by atoms with Gasteiger partial charge >= 0.3 is 5.97 Å². The third kappa shape index (κ3) is 5.16. The lowest BCUT2D eigenvalue weighted by Crippen LogP contribution is -2.29. The van der Waals surface area contributed by atoms with Gasteiger partial charge in [-0.15, -0.1) is 0 Å². The summed E-state index contributed by atoms with van der Waals surface area (Å²) >= 11 is 0. The fourth-order valence-corrected chi connectivity index (χ4v) is 3.99. The van der Waals surface area contributed by atoms with Crippen LogP contribution in [0, 0.1) is 10.1 Å². The first-order chi connectivity index (χ1) is 18.8. The fourth-order valence-electron chi connectivity index (χ4n) is 3.99. The summed E-state index contributed by atoms with van der Waals surface area (Å²) in [5, 5.41) is 10.8. The van der Waals surface area contributed by atoms with Crippen molar-refractivity contribution in [3.63, 3.8) is 0 Å². The number of methoxy groups -OCH3 is 1. The summed E-state index contributed by atoms with van der Waals surface area (Å²) in [6, 6.07) is 23.3. The number of amides is 2. The van der Waals surface area contributed by atoms with Crippen LogP contribution in [0.1, 0.15) is 36.6 Å². The third-order valence-corrected chi connectivity index (χ3v) is 6.03. The molecule has 0 radical (unpaired) electrons. The lowest BCUT2D eigenvalue weighted by atomic mass is 10.1. The van der Waals surface area contributed by atoms with Gasteiger partial charge in [-0.3, -0.25) is 19.7 Å². The Balaban J connectivity index is 1.22. The zero-order chi connectivity index (χ0) is 27.5. The molecule has 0 aromatic heterocycles. The number of nitro groups is 1. The Morgan fingerprint density at radius 1 is 0.795 bits per heavy atom. The van der Waals surface area contributed by atoms with Crippen molar-refractivity contribution in [1.29, 1.82) is 0 Å². The molecule has 0 unspecified atom stereocenters. The number of fused-ring (bicyclic) bond motifs is 1. The van der Waals surface area contributed by atoms with Crippen LogP contribution in [0.4, 0.5) is 11.4 Å². The summed E-state index contributed by atoms with van der Waals surface area (Å²) in [6.07, 6.45) is 0. The van der Waals surface area contributed by atoms with Gasteiger partial charge in [-0.05, 0) is 72.3 Å². The van der Waals surface area contributed by atoms with Crippen LogP contribution in [0.15, 0.2) is 91.0 Å². The zero-order valence-electron chi connectivity index (χ0n) is 20.5. The number of ether oxygens (including phenoxy) is 3. The van der Waals surface area contributed by atoms with Gasteiger partial charge in [0.05, 0.1) is 34.4 Å². The molecule has 0 N–H and O–H groups in total. The summed E-state index contributed by atoms with van der Waals surface area (Å²) in [4.78, 5) is 49.9. The molecule has 39 heavy (non-hydrogen) atoms. The van der Waals surface area contributed by atoms with Crippen LogP contribution in [0.25, 0.3) is 0 Å². The Kier molecular flexibility index (Phi) is 6.75. The Morgan fingerprint density at radius 3 is 2.00 bits per heavy atom. The molecular weight excluding hydrogens is 504 g/mol. The van der Waals surface area contributed by atoms with Gasteiger partial charge in [-0.1, -0.05) is 12.1 Å². The lowest BCUT2D eigenvalue weighted by molar-refractivity contribution is -0.384. The van der Waals surface area contributed by atoms with E-state index in [0.717, 1.165) is 4.90 Å². The normalized spacial score (nSPS) is 12.2. The molecule has 1 aliphatic heterocycles. The van der Waals surface area contributed by atoms with Gasteiger partial charge < -0.3 is 14.2 Å². The Hall–Kier alpha value is -5.51. The smallest absolute Gasteiger partial charge is 0.338 e. The van der Waals surface area contributed by atoms with Gasteiger partial charge in [0.2, 0.25) is 0 Å². The molecule has 5 rings (SSSR count). The minimum absolute atomic E-state index is 0.0292. The number of carbonyl (C=O) groups is 3. The van der Waals surface area contributed by atoms with Crippen LogP contribution in [-0.2, 0) is 11.3 Å². The topological polar surface area (TPSA) is 125 Å². The molecule has 1 aliphatic rings. The van der Waals surface area contributed by atoms with Crippen molar-refractivity contribution in [3.8, 4) is 17.2 Å². The van der Waals surface area contributed by atoms with Crippen molar-refractivity contribution in [2.45, 2.75) is 6.61 Å². The Bertz CT molecular complexity index is 1580. The van der Waals surface area contributed by atoms with Gasteiger partial charge in [0.15, 0.2) is 0 Å². The van der Waals surface area contributed by atoms with Crippen LogP contribution in [0.2, 0.25) is 0 Å². The van der Waals surface area contributed by atoms with Crippen molar-refractivity contribution >= 4 is 29.2 Å². The molecule has 4 aromatic carbocycles. The molecule has 0 saturated heterocycles. The van der Waals surface area contributed by atoms with Crippen LogP contribution in [0.5, 0.6) is 17.2 Å². The number of anilines is 1. The number of nitro benzene ring substituents is 1. The summed E-state index contributed by atoms with van der Waals surface area (Å²) in [6.45, 7) is -0.0292. The predicted octanol–water partition coefficient (Wildman–Crippen LogP) is 5.55. The van der Waals surface area contributed by atoms with Crippen molar-refractivity contribution in [2.24, 2.45) is 0 Å². The van der Waals surface area contributed by atoms with Crippen LogP contribution in [-0.4, -0.2) is 29.8 Å². The highest BCUT2D eigenvalue weighted by Crippen LogP contribution is 2.30. The van der Waals surface area contributed by atoms with Crippen molar-refractivity contribution < 1.29 is 33.5 Å². The number of esters is 1. The molecular formula is C29H20N2O8. The van der Waals surface area contributed by atoms with Crippen molar-refractivity contribution in [3.05, 3.63) is 123 Å². The monoisotopic (exact) mass is 524 g/mol. The molecule has 0 spiro atoms. The second-order valence-electron chi connectivity index (χ2n) is 8.48. The fraction of sp³-hybridized carbons (Fsp3) is 0.0690. The average molecular weight is 524 g/mol. The van der Waals surface area contributed by atoms with Gasteiger partial charge in [0, 0.05) is 12.1 Å². The number of rotatable bonds is 8. The van der Waals surface area contributed by atoms with Crippen molar-refractivity contribution in [2.75, 3.05) is 12.0 Å². The first kappa shape index (κ1) is 25.2. The number of benzene rings is 4. The molecule has 0 saturated carbocycles. The molecule has 0 bridgehead atoms. The van der Waals surface area contributed by atoms with Gasteiger partial charge in [-0.2, -0.15) is 0 Å². The van der Waals surface area contributed by atoms with E-state index in [1.165, 1.54) is 49.6 Å². The van der Waals surface area contributed by atoms with Gasteiger partial charge in [-0.25, -0.2) is 9.69 Å². The lowest BCUT2D eigenvalue weighted by Gasteiger charge is -2.14. The second-order valence-corrected chi connectivity index (χ2v) is 8.48. The molecule has 0 aliphatic carbocycles. The maximum absolute atomic E-state index is 13.0. The first-order valence-corrected chi connectivity index (χ1v) is 11.7. The molecule has 1 heterocycles. The maximum atomic E-state index is 13.0. The van der Waals surface area contributed by atoms with Crippen molar-refractivity contribution in [1.82, 2.24) is 0 Å². The summed E-state index contributed by atoms with van der Waals surface area (Å²) in [7, 11) is 1.52. The van der Waals surface area contributed by atoms with Crippen LogP contribution < -0.4 is 14.4 Å². The number of imide groups is 1. The van der Waals surface area contributed by atoms with E-state index in [2.05, 4.69) is 0 Å². The number of carbonyl (C=O) groups excluding carboxylic acids is 3. The van der Waals surface area contributed by atoms with E-state index in [4.69, 9.17) is 14.2 Å². The number of non-ortho nitro benzene ring substituents is 1. The standard InChI is InChI=1S/C29H20N2O8/c1-37-22-11-5-20(6-12-22)30-27(32)25-15-4-19(16-26(25)28(30)33)29(34)38-17-18-2-9-23(10-3-18)39-24-13-7-21(8-14-24)31(35)36/h2-16H,17H2,1H3. The van der Waals surface area contributed by atoms with E-state index >= 15 is 0 Å². The second kappa shape index (κ2) is 10.5. The van der Waals surface area contributed by atoms with Gasteiger partial charge in [0.25, 0.3) is 17.5 Å². The Morgan fingerprint density at radius 2 is 1.38 bits per heavy atom. The highest BCUT2D eigenvalue weighted by molar-refractivity contribution is 6.34. The van der Waals surface area contributed by atoms with E-state index in [9.17, 15) is 24.5 Å². The predicted molar refractivity (Wildman–Crippen MR) is 139 cm³/mol. The van der Waals surface area contributed by atoms with Gasteiger partial charge in [0.1, 0.15) is 23.9 Å². The van der Waals surface area contributed by atoms with Crippen LogP contribution in [0.3, 0.4) is 0 Å². The molecule has 0 atom stereocenters. The maximum Gasteiger partial charge on any atom is 0.338 e.